The summed E-state index contributed by atoms with van der Waals surface area (Å²) < 4.78 is 9.65. The number of rotatable bonds is 6. The molecule has 0 spiro atoms. The Morgan fingerprint density at radius 2 is 1.95 bits per heavy atom. The lowest BCUT2D eigenvalue weighted by molar-refractivity contribution is -0.146. The van der Waals surface area contributed by atoms with E-state index in [1.165, 1.54) is 7.11 Å². The average molecular weight is 313 g/mol. The van der Waals surface area contributed by atoms with Crippen molar-refractivity contribution in [3.05, 3.63) is 0 Å². The maximum absolute atomic E-state index is 12.2. The van der Waals surface area contributed by atoms with Crippen molar-refractivity contribution in [2.24, 2.45) is 11.8 Å². The summed E-state index contributed by atoms with van der Waals surface area (Å²) in [5.41, 5.74) is 0. The third kappa shape index (κ3) is 5.31. The van der Waals surface area contributed by atoms with Crippen LogP contribution in [0, 0.1) is 11.8 Å². The first-order chi connectivity index (χ1) is 10.4. The molecule has 6 heteroatoms. The van der Waals surface area contributed by atoms with E-state index in [-0.39, 0.29) is 36.9 Å². The number of Topliss-reactive ketones (excluding diaryl/α,β-unsaturated/α-hetero) is 1. The predicted octanol–water partition coefficient (Wildman–Crippen LogP) is 2.40. The Hall–Kier alpha value is -1.59. The zero-order valence-corrected chi connectivity index (χ0v) is 14.0. The highest BCUT2D eigenvalue weighted by Gasteiger charge is 2.35. The molecule has 0 N–H and O–H groups in total. The van der Waals surface area contributed by atoms with E-state index in [9.17, 15) is 14.4 Å². The van der Waals surface area contributed by atoms with E-state index in [0.29, 0.717) is 25.3 Å². The second-order valence-electron chi connectivity index (χ2n) is 6.12. The van der Waals surface area contributed by atoms with Crippen molar-refractivity contribution in [1.82, 2.24) is 4.90 Å². The first-order valence-corrected chi connectivity index (χ1v) is 7.91. The van der Waals surface area contributed by atoms with Crippen LogP contribution in [0.1, 0.15) is 46.5 Å². The topological polar surface area (TPSA) is 72.9 Å². The standard InChI is InChI=1S/C16H27NO5/c1-5-22-15(19)10-14(18)12-6-7-17(16(20)21-4)13(9-12)8-11(2)3/h11-13H,5-10H2,1-4H3. The lowest BCUT2D eigenvalue weighted by atomic mass is 9.83. The Bertz CT molecular complexity index is 407. The van der Waals surface area contributed by atoms with Gasteiger partial charge in [0.05, 0.1) is 13.7 Å². The highest BCUT2D eigenvalue weighted by Crippen LogP contribution is 2.29. The second kappa shape index (κ2) is 8.76. The van der Waals surface area contributed by atoms with Gasteiger partial charge >= 0.3 is 12.1 Å². The summed E-state index contributed by atoms with van der Waals surface area (Å²) in [5, 5.41) is 0. The Morgan fingerprint density at radius 1 is 1.27 bits per heavy atom. The van der Waals surface area contributed by atoms with Gasteiger partial charge in [0.15, 0.2) is 0 Å². The first-order valence-electron chi connectivity index (χ1n) is 7.91. The minimum absolute atomic E-state index is 0.0163. The molecule has 1 saturated heterocycles. The number of likely N-dealkylation sites (tertiary alicyclic amines) is 1. The SMILES string of the molecule is CCOC(=O)CC(=O)C1CCN(C(=O)OC)C(CC(C)C)C1. The van der Waals surface area contributed by atoms with Crippen LogP contribution in [0.25, 0.3) is 0 Å². The molecule has 6 nitrogen and oxygen atoms in total. The number of carbonyl (C=O) groups is 3. The van der Waals surface area contributed by atoms with E-state index in [0.717, 1.165) is 6.42 Å². The number of amides is 1. The van der Waals surface area contributed by atoms with Crippen LogP contribution < -0.4 is 0 Å². The van der Waals surface area contributed by atoms with Crippen LogP contribution in [0.4, 0.5) is 4.79 Å². The monoisotopic (exact) mass is 313 g/mol. The van der Waals surface area contributed by atoms with Crippen molar-refractivity contribution in [2.75, 3.05) is 20.3 Å². The second-order valence-corrected chi connectivity index (χ2v) is 6.12. The maximum atomic E-state index is 12.2. The molecule has 2 atom stereocenters. The van der Waals surface area contributed by atoms with E-state index in [2.05, 4.69) is 13.8 Å². The Labute approximate surface area is 132 Å². The van der Waals surface area contributed by atoms with Crippen molar-refractivity contribution in [1.29, 1.82) is 0 Å². The number of methoxy groups -OCH3 is 1. The molecule has 0 aromatic heterocycles. The number of esters is 1. The van der Waals surface area contributed by atoms with Gasteiger partial charge in [0.25, 0.3) is 0 Å². The van der Waals surface area contributed by atoms with E-state index in [1.54, 1.807) is 11.8 Å². The molecule has 0 saturated carbocycles. The molecular formula is C16H27NO5. The minimum atomic E-state index is -0.469. The fraction of sp³-hybridized carbons (Fsp3) is 0.812. The van der Waals surface area contributed by atoms with E-state index in [4.69, 9.17) is 9.47 Å². The van der Waals surface area contributed by atoms with Gasteiger partial charge in [-0.3, -0.25) is 9.59 Å². The van der Waals surface area contributed by atoms with E-state index >= 15 is 0 Å². The van der Waals surface area contributed by atoms with Gasteiger partial charge in [-0.1, -0.05) is 13.8 Å². The molecule has 1 aliphatic heterocycles. The maximum Gasteiger partial charge on any atom is 0.409 e. The highest BCUT2D eigenvalue weighted by molar-refractivity contribution is 5.96. The quantitative estimate of drug-likeness (QED) is 0.556. The molecule has 0 aromatic carbocycles. The summed E-state index contributed by atoms with van der Waals surface area (Å²) >= 11 is 0. The Morgan fingerprint density at radius 3 is 2.50 bits per heavy atom. The molecule has 22 heavy (non-hydrogen) atoms. The van der Waals surface area contributed by atoms with Gasteiger partial charge in [-0.25, -0.2) is 4.79 Å². The van der Waals surface area contributed by atoms with Crippen molar-refractivity contribution in [3.63, 3.8) is 0 Å². The highest BCUT2D eigenvalue weighted by atomic mass is 16.5. The molecule has 1 amide bonds. The largest absolute Gasteiger partial charge is 0.466 e. The predicted molar refractivity (Wildman–Crippen MR) is 81.3 cm³/mol. The number of piperidine rings is 1. The molecule has 1 rings (SSSR count). The molecule has 0 aliphatic carbocycles. The lowest BCUT2D eigenvalue weighted by Gasteiger charge is -2.38. The van der Waals surface area contributed by atoms with Gasteiger partial charge in [0, 0.05) is 18.5 Å². The zero-order chi connectivity index (χ0) is 16.7. The zero-order valence-electron chi connectivity index (χ0n) is 14.0. The summed E-state index contributed by atoms with van der Waals surface area (Å²) in [5.74, 6) is -0.329. The molecular weight excluding hydrogens is 286 g/mol. The van der Waals surface area contributed by atoms with Crippen LogP contribution in [-0.4, -0.2) is 49.0 Å². The first kappa shape index (κ1) is 18.5. The van der Waals surface area contributed by atoms with Gasteiger partial charge in [-0.05, 0) is 32.1 Å². The lowest BCUT2D eigenvalue weighted by Crippen LogP contribution is -2.48. The van der Waals surface area contributed by atoms with Crippen molar-refractivity contribution >= 4 is 17.8 Å². The van der Waals surface area contributed by atoms with Crippen LogP contribution in [0.15, 0.2) is 0 Å². The molecule has 1 heterocycles. The number of hydrogen-bond acceptors (Lipinski definition) is 5. The van der Waals surface area contributed by atoms with Crippen LogP contribution in [-0.2, 0) is 19.1 Å². The summed E-state index contributed by atoms with van der Waals surface area (Å²) in [6.07, 6.45) is 1.46. The minimum Gasteiger partial charge on any atom is -0.466 e. The van der Waals surface area contributed by atoms with Crippen LogP contribution in [0.5, 0.6) is 0 Å². The number of ketones is 1. The number of nitrogens with zero attached hydrogens (tertiary/aromatic N) is 1. The van der Waals surface area contributed by atoms with Gasteiger partial charge < -0.3 is 14.4 Å². The van der Waals surface area contributed by atoms with Gasteiger partial charge in [-0.2, -0.15) is 0 Å². The van der Waals surface area contributed by atoms with Crippen LogP contribution >= 0.6 is 0 Å². The molecule has 2 unspecified atom stereocenters. The third-order valence-electron chi connectivity index (χ3n) is 3.95. The van der Waals surface area contributed by atoms with Crippen LogP contribution in [0.2, 0.25) is 0 Å². The Balaban J connectivity index is 2.68. The average Bonchev–Trinajstić information content (AvgIpc) is 2.45. The van der Waals surface area contributed by atoms with E-state index < -0.39 is 5.97 Å². The fourth-order valence-electron chi connectivity index (χ4n) is 2.97. The fourth-order valence-corrected chi connectivity index (χ4v) is 2.97. The van der Waals surface area contributed by atoms with Crippen molar-refractivity contribution in [3.8, 4) is 0 Å². The normalized spacial score (nSPS) is 21.6. The molecule has 1 fully saturated rings. The smallest absolute Gasteiger partial charge is 0.409 e. The van der Waals surface area contributed by atoms with Crippen LogP contribution in [0.3, 0.4) is 0 Å². The van der Waals surface area contributed by atoms with Crippen molar-refractivity contribution < 1.29 is 23.9 Å². The number of carbonyl (C=O) groups excluding carboxylic acids is 3. The molecule has 126 valence electrons. The number of ether oxygens (including phenoxy) is 2. The number of hydrogen-bond donors (Lipinski definition) is 0. The summed E-state index contributed by atoms with van der Waals surface area (Å²) in [4.78, 5) is 37.2. The Kier molecular flexibility index (Phi) is 7.35. The van der Waals surface area contributed by atoms with Gasteiger partial charge in [-0.15, -0.1) is 0 Å². The van der Waals surface area contributed by atoms with E-state index in [1.807, 2.05) is 0 Å². The molecule has 1 aliphatic rings. The summed E-state index contributed by atoms with van der Waals surface area (Å²) in [7, 11) is 1.37. The summed E-state index contributed by atoms with van der Waals surface area (Å²) in [6, 6.07) is -0.0163. The van der Waals surface area contributed by atoms with Crippen molar-refractivity contribution in [2.45, 2.75) is 52.5 Å². The molecule has 0 radical (unpaired) electrons. The summed E-state index contributed by atoms with van der Waals surface area (Å²) in [6.45, 7) is 6.65. The molecule has 0 aromatic rings. The van der Waals surface area contributed by atoms with Gasteiger partial charge in [0.2, 0.25) is 0 Å². The van der Waals surface area contributed by atoms with Gasteiger partial charge in [0.1, 0.15) is 12.2 Å². The molecule has 0 bridgehead atoms. The third-order valence-corrected chi connectivity index (χ3v) is 3.95.